The lowest BCUT2D eigenvalue weighted by Gasteiger charge is -2.31. The molecule has 1 saturated heterocycles. The molecule has 7 nitrogen and oxygen atoms in total. The third-order valence-corrected chi connectivity index (χ3v) is 7.74. The molecule has 3 aromatic carbocycles. The first-order chi connectivity index (χ1) is 16.9. The molecule has 4 rings (SSSR count). The third-order valence-electron chi connectivity index (χ3n) is 6.16. The number of hydrogen-bond acceptors (Lipinski definition) is 5. The van der Waals surface area contributed by atoms with Gasteiger partial charge in [-0.25, -0.2) is 22.3 Å². The largest absolute Gasteiger partial charge is 0.450 e. The van der Waals surface area contributed by atoms with Crippen molar-refractivity contribution in [3.63, 3.8) is 0 Å². The molecule has 0 bridgehead atoms. The molecular formula is C26H30FN3O4S. The summed E-state index contributed by atoms with van der Waals surface area (Å²) in [4.78, 5) is 13.8. The molecule has 1 amide bonds. The molecular weight excluding hydrogens is 469 g/mol. The minimum absolute atomic E-state index is 0.239. The fourth-order valence-corrected chi connectivity index (χ4v) is 5.86. The summed E-state index contributed by atoms with van der Waals surface area (Å²) in [5, 5.41) is 4.86. The number of nitrogens with one attached hydrogen (secondary N) is 2. The number of sulfonamides is 1. The van der Waals surface area contributed by atoms with Crippen LogP contribution in [0.4, 0.5) is 9.18 Å². The van der Waals surface area contributed by atoms with Crippen LogP contribution in [-0.4, -0.2) is 45.1 Å². The summed E-state index contributed by atoms with van der Waals surface area (Å²) in [6.07, 6.45) is 0.700. The number of piperidine rings is 1. The second-order valence-electron chi connectivity index (χ2n) is 8.58. The topological polar surface area (TPSA) is 87.7 Å². The van der Waals surface area contributed by atoms with Crippen molar-refractivity contribution in [2.24, 2.45) is 0 Å². The molecule has 0 radical (unpaired) electrons. The molecule has 0 spiro atoms. The van der Waals surface area contributed by atoms with E-state index in [4.69, 9.17) is 4.74 Å². The normalized spacial score (nSPS) is 14.9. The second kappa shape index (κ2) is 11.2. The van der Waals surface area contributed by atoms with E-state index < -0.39 is 10.0 Å². The van der Waals surface area contributed by atoms with Crippen LogP contribution < -0.4 is 10.0 Å². The molecule has 2 N–H and O–H groups in total. The Balaban J connectivity index is 1.45. The molecule has 1 aliphatic heterocycles. The SMILES string of the molecule is CCOC(=O)N1CCC(NS(=O)(=O)c2ccc(CNCc3ccc(F)cc3)c3ccccc23)CC1. The lowest BCUT2D eigenvalue weighted by molar-refractivity contribution is 0.0966. The fourth-order valence-electron chi connectivity index (χ4n) is 4.34. The Morgan fingerprint density at radius 3 is 2.37 bits per heavy atom. The summed E-state index contributed by atoms with van der Waals surface area (Å²) < 4.78 is 47.6. The van der Waals surface area contributed by atoms with Gasteiger partial charge < -0.3 is 15.0 Å². The summed E-state index contributed by atoms with van der Waals surface area (Å²) >= 11 is 0. The number of fused-ring (bicyclic) bond motifs is 1. The Morgan fingerprint density at radius 1 is 1.00 bits per heavy atom. The highest BCUT2D eigenvalue weighted by atomic mass is 32.2. The van der Waals surface area contributed by atoms with Crippen LogP contribution in [0.2, 0.25) is 0 Å². The smallest absolute Gasteiger partial charge is 0.409 e. The summed E-state index contributed by atoms with van der Waals surface area (Å²) in [5.41, 5.74) is 1.94. The molecule has 35 heavy (non-hydrogen) atoms. The summed E-state index contributed by atoms with van der Waals surface area (Å²) in [6, 6.07) is 17.0. The van der Waals surface area contributed by atoms with Crippen LogP contribution in [-0.2, 0) is 27.8 Å². The molecule has 1 fully saturated rings. The van der Waals surface area contributed by atoms with Gasteiger partial charge in [0.25, 0.3) is 0 Å². The minimum atomic E-state index is -3.76. The number of nitrogens with zero attached hydrogens (tertiary/aromatic N) is 1. The highest BCUT2D eigenvalue weighted by Crippen LogP contribution is 2.27. The first-order valence-corrected chi connectivity index (χ1v) is 13.3. The standard InChI is InChI=1S/C26H30FN3O4S/c1-2-34-26(31)30-15-13-22(14-16-30)29-35(32,33)25-12-9-20(23-5-3-4-6-24(23)25)18-28-17-19-7-10-21(27)11-8-19/h3-12,22,28-29H,2,13-18H2,1H3. The zero-order valence-electron chi connectivity index (χ0n) is 19.7. The fraction of sp³-hybridized carbons (Fsp3) is 0.346. The van der Waals surface area contributed by atoms with Gasteiger partial charge in [-0.15, -0.1) is 0 Å². The van der Waals surface area contributed by atoms with Crippen molar-refractivity contribution in [1.29, 1.82) is 0 Å². The van der Waals surface area contributed by atoms with E-state index in [9.17, 15) is 17.6 Å². The Hall–Kier alpha value is -3.01. The van der Waals surface area contributed by atoms with Crippen LogP contribution in [0.15, 0.2) is 65.6 Å². The van der Waals surface area contributed by atoms with E-state index in [0.29, 0.717) is 51.0 Å². The maximum absolute atomic E-state index is 13.3. The van der Waals surface area contributed by atoms with E-state index in [-0.39, 0.29) is 22.8 Å². The molecule has 0 unspecified atom stereocenters. The van der Waals surface area contributed by atoms with Gasteiger partial charge in [0, 0.05) is 37.6 Å². The Kier molecular flexibility index (Phi) is 8.00. The van der Waals surface area contributed by atoms with Crippen molar-refractivity contribution in [3.8, 4) is 0 Å². The van der Waals surface area contributed by atoms with Crippen LogP contribution >= 0.6 is 0 Å². The van der Waals surface area contributed by atoms with Crippen LogP contribution in [0.5, 0.6) is 0 Å². The first-order valence-electron chi connectivity index (χ1n) is 11.8. The van der Waals surface area contributed by atoms with Crippen molar-refractivity contribution in [1.82, 2.24) is 14.9 Å². The van der Waals surface area contributed by atoms with E-state index in [0.717, 1.165) is 16.5 Å². The second-order valence-corrected chi connectivity index (χ2v) is 10.3. The lowest BCUT2D eigenvalue weighted by Crippen LogP contribution is -2.46. The van der Waals surface area contributed by atoms with Crippen LogP contribution in [0.25, 0.3) is 10.8 Å². The van der Waals surface area contributed by atoms with Gasteiger partial charge in [0.15, 0.2) is 0 Å². The Bertz CT molecular complexity index is 1270. The monoisotopic (exact) mass is 499 g/mol. The van der Waals surface area contributed by atoms with Gasteiger partial charge in [-0.3, -0.25) is 0 Å². The van der Waals surface area contributed by atoms with E-state index in [1.807, 2.05) is 30.3 Å². The average Bonchev–Trinajstić information content (AvgIpc) is 2.85. The number of amides is 1. The number of rotatable bonds is 8. The third kappa shape index (κ3) is 6.17. The van der Waals surface area contributed by atoms with E-state index in [1.165, 1.54) is 12.1 Å². The van der Waals surface area contributed by atoms with Gasteiger partial charge >= 0.3 is 6.09 Å². The molecule has 1 heterocycles. The van der Waals surface area contributed by atoms with Gasteiger partial charge in [0.1, 0.15) is 5.82 Å². The predicted molar refractivity (Wildman–Crippen MR) is 133 cm³/mol. The predicted octanol–water partition coefficient (Wildman–Crippen LogP) is 4.17. The van der Waals surface area contributed by atoms with Crippen LogP contribution in [0.1, 0.15) is 30.9 Å². The molecule has 0 aromatic heterocycles. The maximum atomic E-state index is 13.3. The van der Waals surface area contributed by atoms with Crippen molar-refractivity contribution >= 4 is 26.9 Å². The molecule has 9 heteroatoms. The summed E-state index contributed by atoms with van der Waals surface area (Å²) in [6.45, 7) is 4.09. The van der Waals surface area contributed by atoms with Crippen LogP contribution in [0.3, 0.4) is 0 Å². The van der Waals surface area contributed by atoms with E-state index in [2.05, 4.69) is 10.0 Å². The number of benzene rings is 3. The number of carbonyl (C=O) groups excluding carboxylic acids is 1. The quantitative estimate of drug-likeness (QED) is 0.486. The minimum Gasteiger partial charge on any atom is -0.450 e. The first kappa shape index (κ1) is 25.1. The number of hydrogen-bond donors (Lipinski definition) is 2. The zero-order valence-corrected chi connectivity index (χ0v) is 20.5. The molecule has 0 saturated carbocycles. The van der Waals surface area contributed by atoms with Crippen molar-refractivity contribution < 1.29 is 22.3 Å². The van der Waals surface area contributed by atoms with Crippen molar-refractivity contribution in [2.75, 3.05) is 19.7 Å². The highest BCUT2D eigenvalue weighted by molar-refractivity contribution is 7.89. The van der Waals surface area contributed by atoms with Gasteiger partial charge in [-0.2, -0.15) is 0 Å². The van der Waals surface area contributed by atoms with Gasteiger partial charge in [-0.1, -0.05) is 42.5 Å². The van der Waals surface area contributed by atoms with Gasteiger partial charge in [-0.05, 0) is 54.5 Å². The van der Waals surface area contributed by atoms with Crippen molar-refractivity contribution in [3.05, 3.63) is 77.6 Å². The maximum Gasteiger partial charge on any atom is 0.409 e. The highest BCUT2D eigenvalue weighted by Gasteiger charge is 2.28. The van der Waals surface area contributed by atoms with Crippen molar-refractivity contribution in [2.45, 2.75) is 43.8 Å². The average molecular weight is 500 g/mol. The molecule has 0 atom stereocenters. The zero-order chi connectivity index (χ0) is 24.8. The Labute approximate surface area is 205 Å². The van der Waals surface area contributed by atoms with Crippen LogP contribution in [0, 0.1) is 5.82 Å². The number of ether oxygens (including phenoxy) is 1. The Morgan fingerprint density at radius 2 is 1.69 bits per heavy atom. The van der Waals surface area contributed by atoms with E-state index >= 15 is 0 Å². The molecule has 0 aliphatic carbocycles. The molecule has 3 aromatic rings. The lowest BCUT2D eigenvalue weighted by atomic mass is 10.0. The summed E-state index contributed by atoms with van der Waals surface area (Å²) in [7, 11) is -3.76. The summed E-state index contributed by atoms with van der Waals surface area (Å²) in [5.74, 6) is -0.269. The number of halogens is 1. The van der Waals surface area contributed by atoms with Gasteiger partial charge in [0.05, 0.1) is 11.5 Å². The number of carbonyl (C=O) groups is 1. The molecule has 1 aliphatic rings. The van der Waals surface area contributed by atoms with Gasteiger partial charge in [0.2, 0.25) is 10.0 Å². The number of likely N-dealkylation sites (tertiary alicyclic amines) is 1. The van der Waals surface area contributed by atoms with E-state index in [1.54, 1.807) is 30.0 Å². The molecule has 186 valence electrons.